The fraction of sp³-hybridized carbons (Fsp3) is 0.500. The lowest BCUT2D eigenvalue weighted by Gasteiger charge is -2.20. The molecule has 0 saturated carbocycles. The molecule has 1 rings (SSSR count). The van der Waals surface area contributed by atoms with Crippen LogP contribution in [-0.4, -0.2) is 33.8 Å². The van der Waals surface area contributed by atoms with E-state index in [4.69, 9.17) is 19.9 Å². The topological polar surface area (TPSA) is 82.8 Å². The molecule has 112 valence electrons. The van der Waals surface area contributed by atoms with Crippen molar-refractivity contribution in [1.29, 1.82) is 0 Å². The van der Waals surface area contributed by atoms with E-state index in [1.807, 2.05) is 19.1 Å². The van der Waals surface area contributed by atoms with E-state index in [1.54, 1.807) is 21.3 Å². The molecule has 0 aromatic heterocycles. The van der Waals surface area contributed by atoms with E-state index >= 15 is 0 Å². The summed E-state index contributed by atoms with van der Waals surface area (Å²) < 4.78 is 15.9. The summed E-state index contributed by atoms with van der Waals surface area (Å²) in [5.41, 5.74) is 6.15. The predicted octanol–water partition coefficient (Wildman–Crippen LogP) is 1.24. The number of nitrogens with two attached hydrogens (primary N) is 1. The number of benzene rings is 1. The minimum atomic E-state index is -0.371. The summed E-state index contributed by atoms with van der Waals surface area (Å²) in [4.78, 5) is 11.2. The van der Waals surface area contributed by atoms with Crippen LogP contribution in [-0.2, 0) is 4.79 Å². The highest BCUT2D eigenvalue weighted by molar-refractivity contribution is 5.74. The number of nitrogens with one attached hydrogen (secondary N) is 1. The number of carbonyl (C=O) groups excluding carboxylic acids is 1. The van der Waals surface area contributed by atoms with Crippen LogP contribution >= 0.6 is 0 Å². The van der Waals surface area contributed by atoms with Crippen LogP contribution < -0.4 is 25.3 Å². The van der Waals surface area contributed by atoms with Crippen molar-refractivity contribution in [3.8, 4) is 17.2 Å². The number of ether oxygens (including phenoxy) is 3. The number of hydrogen-bond donors (Lipinski definition) is 2. The molecule has 0 radical (unpaired) electrons. The standard InChI is InChI=1S/C14H22N2O4/c1-5-16-10(8-13(15)17)9-6-11(18-2)14(20-4)12(7-9)19-3/h6-7,10,16H,5,8H2,1-4H3,(H2,15,17). The normalized spacial score (nSPS) is 11.8. The van der Waals surface area contributed by atoms with Gasteiger partial charge in [0, 0.05) is 12.5 Å². The van der Waals surface area contributed by atoms with Crippen LogP contribution in [0.5, 0.6) is 17.2 Å². The van der Waals surface area contributed by atoms with E-state index in [1.165, 1.54) is 0 Å². The molecule has 0 saturated heterocycles. The van der Waals surface area contributed by atoms with Crippen molar-refractivity contribution in [2.45, 2.75) is 19.4 Å². The van der Waals surface area contributed by atoms with Gasteiger partial charge >= 0.3 is 0 Å². The van der Waals surface area contributed by atoms with E-state index in [0.29, 0.717) is 23.8 Å². The molecule has 1 aromatic rings. The first-order valence-corrected chi connectivity index (χ1v) is 6.38. The summed E-state index contributed by atoms with van der Waals surface area (Å²) in [5, 5.41) is 3.22. The highest BCUT2D eigenvalue weighted by atomic mass is 16.5. The van der Waals surface area contributed by atoms with Crippen molar-refractivity contribution >= 4 is 5.91 Å². The van der Waals surface area contributed by atoms with E-state index in [0.717, 1.165) is 5.56 Å². The van der Waals surface area contributed by atoms with Crippen LogP contribution in [0.1, 0.15) is 24.9 Å². The zero-order valence-electron chi connectivity index (χ0n) is 12.4. The van der Waals surface area contributed by atoms with E-state index in [-0.39, 0.29) is 18.4 Å². The van der Waals surface area contributed by atoms with Crippen molar-refractivity contribution < 1.29 is 19.0 Å². The van der Waals surface area contributed by atoms with Gasteiger partial charge in [-0.2, -0.15) is 0 Å². The zero-order chi connectivity index (χ0) is 15.1. The number of primary amides is 1. The van der Waals surface area contributed by atoms with Crippen LogP contribution in [0.3, 0.4) is 0 Å². The monoisotopic (exact) mass is 282 g/mol. The van der Waals surface area contributed by atoms with Crippen LogP contribution in [0.2, 0.25) is 0 Å². The van der Waals surface area contributed by atoms with E-state index in [2.05, 4.69) is 5.32 Å². The van der Waals surface area contributed by atoms with Crippen molar-refractivity contribution in [2.24, 2.45) is 5.73 Å². The third-order valence-corrected chi connectivity index (χ3v) is 2.95. The molecule has 20 heavy (non-hydrogen) atoms. The quantitative estimate of drug-likeness (QED) is 0.749. The highest BCUT2D eigenvalue weighted by Gasteiger charge is 2.19. The van der Waals surface area contributed by atoms with E-state index in [9.17, 15) is 4.79 Å². The summed E-state index contributed by atoms with van der Waals surface area (Å²) in [6.45, 7) is 2.68. The van der Waals surface area contributed by atoms with Gasteiger partial charge in [0.2, 0.25) is 11.7 Å². The van der Waals surface area contributed by atoms with Gasteiger partial charge in [0.25, 0.3) is 0 Å². The highest BCUT2D eigenvalue weighted by Crippen LogP contribution is 2.40. The van der Waals surface area contributed by atoms with Crippen molar-refractivity contribution in [3.63, 3.8) is 0 Å². The minimum absolute atomic E-state index is 0.189. The average Bonchev–Trinajstić information content (AvgIpc) is 2.44. The van der Waals surface area contributed by atoms with Gasteiger partial charge < -0.3 is 25.3 Å². The molecule has 1 aromatic carbocycles. The molecule has 0 fully saturated rings. The lowest BCUT2D eigenvalue weighted by atomic mass is 10.0. The van der Waals surface area contributed by atoms with Gasteiger partial charge in [0.1, 0.15) is 0 Å². The smallest absolute Gasteiger partial charge is 0.219 e. The van der Waals surface area contributed by atoms with Gasteiger partial charge in [-0.3, -0.25) is 4.79 Å². The number of methoxy groups -OCH3 is 3. The fourth-order valence-electron chi connectivity index (χ4n) is 2.06. The Kier molecular flexibility index (Phi) is 6.11. The third kappa shape index (κ3) is 3.77. The molecule has 6 heteroatoms. The van der Waals surface area contributed by atoms with Gasteiger partial charge in [0.15, 0.2) is 11.5 Å². The number of carbonyl (C=O) groups is 1. The van der Waals surface area contributed by atoms with Crippen molar-refractivity contribution in [1.82, 2.24) is 5.32 Å². The van der Waals surface area contributed by atoms with Crippen LogP contribution in [0.4, 0.5) is 0 Å². The number of rotatable bonds is 8. The maximum Gasteiger partial charge on any atom is 0.219 e. The Balaban J connectivity index is 3.24. The van der Waals surface area contributed by atoms with Crippen LogP contribution in [0, 0.1) is 0 Å². The Bertz CT molecular complexity index is 437. The summed E-state index contributed by atoms with van der Waals surface area (Å²) in [7, 11) is 4.65. The molecule has 0 aliphatic rings. The molecule has 1 atom stereocenters. The average molecular weight is 282 g/mol. The molecule has 6 nitrogen and oxygen atoms in total. The molecule has 0 bridgehead atoms. The van der Waals surface area contributed by atoms with Crippen molar-refractivity contribution in [2.75, 3.05) is 27.9 Å². The second kappa shape index (κ2) is 7.59. The Morgan fingerprint density at radius 3 is 2.10 bits per heavy atom. The summed E-state index contributed by atoms with van der Waals surface area (Å²) >= 11 is 0. The van der Waals surface area contributed by atoms with Gasteiger partial charge in [-0.15, -0.1) is 0 Å². The minimum Gasteiger partial charge on any atom is -0.493 e. The summed E-state index contributed by atoms with van der Waals surface area (Å²) in [6, 6.07) is 3.45. The number of hydrogen-bond acceptors (Lipinski definition) is 5. The first kappa shape index (κ1) is 16.1. The Morgan fingerprint density at radius 2 is 1.75 bits per heavy atom. The maximum atomic E-state index is 11.2. The molecule has 1 amide bonds. The molecule has 0 heterocycles. The summed E-state index contributed by atoms with van der Waals surface area (Å²) in [5.74, 6) is 1.25. The lowest BCUT2D eigenvalue weighted by Crippen LogP contribution is -2.26. The van der Waals surface area contributed by atoms with Crippen LogP contribution in [0.15, 0.2) is 12.1 Å². The largest absolute Gasteiger partial charge is 0.493 e. The van der Waals surface area contributed by atoms with Crippen molar-refractivity contribution in [3.05, 3.63) is 17.7 Å². The summed E-state index contributed by atoms with van der Waals surface area (Å²) in [6.07, 6.45) is 0.201. The SMILES string of the molecule is CCNC(CC(N)=O)c1cc(OC)c(OC)c(OC)c1. The molecule has 3 N–H and O–H groups in total. The Morgan fingerprint density at radius 1 is 1.20 bits per heavy atom. The lowest BCUT2D eigenvalue weighted by molar-refractivity contribution is -0.118. The van der Waals surface area contributed by atoms with Crippen LogP contribution in [0.25, 0.3) is 0 Å². The molecular formula is C14H22N2O4. The zero-order valence-corrected chi connectivity index (χ0v) is 12.4. The second-order valence-corrected chi connectivity index (χ2v) is 4.24. The molecule has 0 spiro atoms. The third-order valence-electron chi connectivity index (χ3n) is 2.95. The molecular weight excluding hydrogens is 260 g/mol. The Labute approximate surface area is 119 Å². The fourth-order valence-corrected chi connectivity index (χ4v) is 2.06. The van der Waals surface area contributed by atoms with Gasteiger partial charge in [0.05, 0.1) is 21.3 Å². The molecule has 1 unspecified atom stereocenters. The second-order valence-electron chi connectivity index (χ2n) is 4.24. The van der Waals surface area contributed by atoms with Gasteiger partial charge in [-0.05, 0) is 24.2 Å². The molecule has 0 aliphatic carbocycles. The number of amides is 1. The molecule has 0 aliphatic heterocycles. The first-order valence-electron chi connectivity index (χ1n) is 6.38. The first-order chi connectivity index (χ1) is 9.57. The van der Waals surface area contributed by atoms with Gasteiger partial charge in [-0.25, -0.2) is 0 Å². The maximum absolute atomic E-state index is 11.2. The van der Waals surface area contributed by atoms with Gasteiger partial charge in [-0.1, -0.05) is 6.92 Å². The predicted molar refractivity (Wildman–Crippen MR) is 76.3 cm³/mol. The van der Waals surface area contributed by atoms with E-state index < -0.39 is 0 Å². The Hall–Kier alpha value is -1.95.